The van der Waals surface area contributed by atoms with E-state index in [0.717, 1.165) is 6.07 Å². The number of rotatable bonds is 4. The van der Waals surface area contributed by atoms with Crippen molar-refractivity contribution in [3.63, 3.8) is 0 Å². The van der Waals surface area contributed by atoms with Crippen LogP contribution in [0.1, 0.15) is 6.92 Å². The molecule has 11 heteroatoms. The molecule has 0 aliphatic heterocycles. The summed E-state index contributed by atoms with van der Waals surface area (Å²) in [5.74, 6) is -1.38. The second-order valence-corrected chi connectivity index (χ2v) is 3.43. The Hall–Kier alpha value is -2.49. The molecule has 0 saturated carbocycles. The van der Waals surface area contributed by atoms with Crippen molar-refractivity contribution in [2.45, 2.75) is 6.92 Å². The van der Waals surface area contributed by atoms with Gasteiger partial charge in [-0.1, -0.05) is 11.6 Å². The van der Waals surface area contributed by atoms with Gasteiger partial charge in [0.2, 0.25) is 0 Å². The van der Waals surface area contributed by atoms with Crippen molar-refractivity contribution in [3.8, 4) is 0 Å². The fraction of sp³-hybridized carbons (Fsp3) is 0.250. The van der Waals surface area contributed by atoms with Crippen LogP contribution < -0.4 is 5.32 Å². The number of aromatic nitrogens is 1. The van der Waals surface area contributed by atoms with E-state index in [2.05, 4.69) is 15.0 Å². The third-order valence-electron chi connectivity index (χ3n) is 1.79. The maximum absolute atomic E-state index is 11.1. The van der Waals surface area contributed by atoms with Crippen LogP contribution in [0.15, 0.2) is 6.07 Å². The largest absolute Gasteiger partial charge is 0.450 e. The van der Waals surface area contributed by atoms with Crippen LogP contribution in [-0.4, -0.2) is 27.5 Å². The summed E-state index contributed by atoms with van der Waals surface area (Å²) in [6.45, 7) is 1.63. The number of halogens is 1. The van der Waals surface area contributed by atoms with Gasteiger partial charge in [-0.3, -0.25) is 15.4 Å². The number of amides is 1. The van der Waals surface area contributed by atoms with Gasteiger partial charge in [0.1, 0.15) is 5.02 Å². The molecule has 0 unspecified atom stereocenters. The van der Waals surface area contributed by atoms with E-state index in [0.29, 0.717) is 0 Å². The second kappa shape index (κ2) is 5.91. The zero-order chi connectivity index (χ0) is 14.6. The zero-order valence-electron chi connectivity index (χ0n) is 9.45. The molecule has 102 valence electrons. The Bertz CT molecular complexity index is 548. The fourth-order valence-corrected chi connectivity index (χ4v) is 1.38. The summed E-state index contributed by atoms with van der Waals surface area (Å²) < 4.78 is 4.53. The van der Waals surface area contributed by atoms with Gasteiger partial charge in [-0.15, -0.1) is 0 Å². The van der Waals surface area contributed by atoms with Crippen molar-refractivity contribution in [3.05, 3.63) is 31.3 Å². The van der Waals surface area contributed by atoms with Gasteiger partial charge in [0.25, 0.3) is 5.82 Å². The molecule has 0 aliphatic carbocycles. The summed E-state index contributed by atoms with van der Waals surface area (Å²) in [4.78, 5) is 33.7. The molecule has 0 aliphatic rings. The Kier molecular flexibility index (Phi) is 4.53. The van der Waals surface area contributed by atoms with Crippen molar-refractivity contribution >= 4 is 35.0 Å². The Labute approximate surface area is 110 Å². The molecule has 1 aromatic rings. The molecule has 0 atom stereocenters. The lowest BCUT2D eigenvalue weighted by Gasteiger charge is -2.02. The number of nitrogens with one attached hydrogen (secondary N) is 1. The molecule has 0 aromatic carbocycles. The third-order valence-corrected chi connectivity index (χ3v) is 2.08. The molecule has 10 nitrogen and oxygen atoms in total. The summed E-state index contributed by atoms with van der Waals surface area (Å²) in [5, 5.41) is 22.9. The Morgan fingerprint density at radius 1 is 1.47 bits per heavy atom. The van der Waals surface area contributed by atoms with Crippen LogP contribution in [-0.2, 0) is 4.74 Å². The first-order valence-electron chi connectivity index (χ1n) is 4.80. The maximum atomic E-state index is 11.1. The van der Waals surface area contributed by atoms with E-state index in [9.17, 15) is 25.0 Å². The highest BCUT2D eigenvalue weighted by Crippen LogP contribution is 2.34. The summed E-state index contributed by atoms with van der Waals surface area (Å²) in [5.41, 5.74) is -0.943. The lowest BCUT2D eigenvalue weighted by Crippen LogP contribution is -2.15. The van der Waals surface area contributed by atoms with Crippen molar-refractivity contribution in [1.29, 1.82) is 0 Å². The van der Waals surface area contributed by atoms with Crippen LogP contribution in [0.3, 0.4) is 0 Å². The predicted octanol–water partition coefficient (Wildman–Crippen LogP) is 2.12. The topological polar surface area (TPSA) is 138 Å². The second-order valence-electron chi connectivity index (χ2n) is 3.02. The predicted molar refractivity (Wildman–Crippen MR) is 63.2 cm³/mol. The van der Waals surface area contributed by atoms with Crippen molar-refractivity contribution in [2.24, 2.45) is 0 Å². The fourth-order valence-electron chi connectivity index (χ4n) is 1.13. The molecule has 0 spiro atoms. The van der Waals surface area contributed by atoms with Gasteiger partial charge in [0.15, 0.2) is 0 Å². The molecule has 1 N–H and O–H groups in total. The first kappa shape index (κ1) is 14.6. The van der Waals surface area contributed by atoms with Gasteiger partial charge in [0, 0.05) is 6.07 Å². The molecule has 0 bridgehead atoms. The van der Waals surface area contributed by atoms with Crippen molar-refractivity contribution in [1.82, 2.24) is 4.98 Å². The van der Waals surface area contributed by atoms with Crippen LogP contribution in [0.4, 0.5) is 22.1 Å². The number of hydrogen-bond donors (Lipinski definition) is 1. The maximum Gasteiger partial charge on any atom is 0.446 e. The number of hydrogen-bond acceptors (Lipinski definition) is 7. The number of ether oxygens (including phenoxy) is 1. The quantitative estimate of drug-likeness (QED) is 0.662. The number of anilines is 1. The smallest absolute Gasteiger partial charge is 0.446 e. The lowest BCUT2D eigenvalue weighted by atomic mass is 10.3. The van der Waals surface area contributed by atoms with Gasteiger partial charge in [-0.05, 0) is 16.8 Å². The van der Waals surface area contributed by atoms with Gasteiger partial charge in [0.05, 0.1) is 11.5 Å². The van der Waals surface area contributed by atoms with Gasteiger partial charge < -0.3 is 14.9 Å². The molecule has 1 heterocycles. The normalized spacial score (nSPS) is 9.79. The number of carbonyl (C=O) groups excluding carboxylic acids is 1. The van der Waals surface area contributed by atoms with Gasteiger partial charge >= 0.3 is 17.6 Å². The molecular formula is C8H7ClN4O6. The third kappa shape index (κ3) is 3.48. The van der Waals surface area contributed by atoms with E-state index in [1.165, 1.54) is 0 Å². The Balaban J connectivity index is 3.21. The molecule has 1 amide bonds. The minimum absolute atomic E-state index is 0.0780. The van der Waals surface area contributed by atoms with Crippen LogP contribution in [0.25, 0.3) is 0 Å². The summed E-state index contributed by atoms with van der Waals surface area (Å²) in [6, 6.07) is 0.920. The number of nitro groups is 2. The SMILES string of the molecule is CCOC(=O)Nc1cc(Cl)c([N+](=O)[O-])c([N+](=O)[O-])n1. The highest BCUT2D eigenvalue weighted by atomic mass is 35.5. The first-order chi connectivity index (χ1) is 8.86. The highest BCUT2D eigenvalue weighted by molar-refractivity contribution is 6.33. The molecular weight excluding hydrogens is 284 g/mol. The Morgan fingerprint density at radius 2 is 2.11 bits per heavy atom. The van der Waals surface area contributed by atoms with Crippen molar-refractivity contribution in [2.75, 3.05) is 11.9 Å². The van der Waals surface area contributed by atoms with Crippen LogP contribution >= 0.6 is 11.6 Å². The van der Waals surface area contributed by atoms with E-state index >= 15 is 0 Å². The molecule has 0 fully saturated rings. The summed E-state index contributed by atoms with van der Waals surface area (Å²) >= 11 is 5.56. The molecule has 0 radical (unpaired) electrons. The van der Waals surface area contributed by atoms with E-state index in [-0.39, 0.29) is 12.4 Å². The number of carbonyl (C=O) groups is 1. The Morgan fingerprint density at radius 3 is 2.58 bits per heavy atom. The zero-order valence-corrected chi connectivity index (χ0v) is 10.2. The summed E-state index contributed by atoms with van der Waals surface area (Å²) in [6.07, 6.45) is -0.908. The average molecular weight is 291 g/mol. The van der Waals surface area contributed by atoms with Gasteiger partial charge in [-0.25, -0.2) is 4.79 Å². The summed E-state index contributed by atoms with van der Waals surface area (Å²) in [7, 11) is 0. The van der Waals surface area contributed by atoms with E-state index in [1.54, 1.807) is 6.92 Å². The van der Waals surface area contributed by atoms with Crippen LogP contribution in [0.5, 0.6) is 0 Å². The minimum atomic E-state index is -1.07. The molecule has 0 saturated heterocycles. The minimum Gasteiger partial charge on any atom is -0.450 e. The average Bonchev–Trinajstić information content (AvgIpc) is 2.27. The van der Waals surface area contributed by atoms with E-state index < -0.39 is 32.5 Å². The van der Waals surface area contributed by atoms with Crippen molar-refractivity contribution < 1.29 is 19.4 Å². The van der Waals surface area contributed by atoms with Crippen LogP contribution in [0, 0.1) is 20.2 Å². The lowest BCUT2D eigenvalue weighted by molar-refractivity contribution is -0.425. The van der Waals surface area contributed by atoms with E-state index in [1.807, 2.05) is 0 Å². The van der Waals surface area contributed by atoms with E-state index in [4.69, 9.17) is 11.6 Å². The number of pyridine rings is 1. The van der Waals surface area contributed by atoms with Crippen LogP contribution in [0.2, 0.25) is 5.02 Å². The monoisotopic (exact) mass is 290 g/mol. The number of nitrogens with zero attached hydrogens (tertiary/aromatic N) is 3. The molecule has 1 aromatic heterocycles. The first-order valence-corrected chi connectivity index (χ1v) is 5.17. The highest BCUT2D eigenvalue weighted by Gasteiger charge is 2.32. The molecule has 1 rings (SSSR count). The van der Waals surface area contributed by atoms with Gasteiger partial charge in [-0.2, -0.15) is 0 Å². The molecule has 19 heavy (non-hydrogen) atoms. The standard InChI is InChI=1S/C8H7ClN4O6/c1-2-19-8(14)11-5-3-4(9)6(12(15)16)7(10-5)13(17)18/h3H,2H2,1H3,(H,10,11,14).